The molecule has 0 radical (unpaired) electrons. The van der Waals surface area contributed by atoms with Crippen LogP contribution in [-0.4, -0.2) is 4.98 Å². The van der Waals surface area contributed by atoms with E-state index in [-0.39, 0.29) is 0 Å². The lowest BCUT2D eigenvalue weighted by atomic mass is 10.5. The summed E-state index contributed by atoms with van der Waals surface area (Å²) in [6.07, 6.45) is 1.93. The van der Waals surface area contributed by atoms with Gasteiger partial charge in [-0.1, -0.05) is 32.9 Å². The molecule has 0 unspecified atom stereocenters. The lowest BCUT2D eigenvalue weighted by molar-refractivity contribution is 1.27. The van der Waals surface area contributed by atoms with E-state index in [1.807, 2.05) is 6.20 Å². The predicted octanol–water partition coefficient (Wildman–Crippen LogP) is 3.31. The topological polar surface area (TPSA) is 15.8 Å². The third kappa shape index (κ3) is 0.852. The minimum Gasteiger partial charge on any atom is -0.350 e. The van der Waals surface area contributed by atoms with Crippen LogP contribution in [-0.2, 0) is 0 Å². The van der Waals surface area contributed by atoms with Gasteiger partial charge in [0.05, 0.1) is 14.3 Å². The van der Waals surface area contributed by atoms with Gasteiger partial charge in [-0.25, -0.2) is 0 Å². The number of nitrogens with one attached hydrogen (secondary N) is 1. The summed E-state index contributed by atoms with van der Waals surface area (Å²) in [6, 6.07) is 0. The van der Waals surface area contributed by atoms with Crippen LogP contribution in [0, 0.1) is 4.64 Å². The first-order chi connectivity index (χ1) is 4.79. The highest BCUT2D eigenvalue weighted by molar-refractivity contribution is 7.83. The van der Waals surface area contributed by atoms with Crippen LogP contribution in [0.25, 0.3) is 9.40 Å². The molecule has 10 heavy (non-hydrogen) atoms. The molecule has 1 nitrogen and oxygen atoms in total. The van der Waals surface area contributed by atoms with Gasteiger partial charge in [-0.2, -0.15) is 0 Å². The molecule has 0 amide bonds. The van der Waals surface area contributed by atoms with Crippen molar-refractivity contribution in [3.63, 3.8) is 0 Å². The Balaban J connectivity index is 2.97. The van der Waals surface area contributed by atoms with Gasteiger partial charge in [0.2, 0.25) is 0 Å². The molecule has 1 N–H and O–H groups in total. The van der Waals surface area contributed by atoms with Crippen LogP contribution in [0.4, 0.5) is 0 Å². The van der Waals surface area contributed by atoms with E-state index in [4.69, 9.17) is 12.2 Å². The molecular formula is C5H3NS4. The first-order valence-corrected chi connectivity index (χ1v) is 5.59. The van der Waals surface area contributed by atoms with Gasteiger partial charge >= 0.3 is 0 Å². The largest absolute Gasteiger partial charge is 0.350 e. The molecule has 0 saturated carbocycles. The Labute approximate surface area is 75.5 Å². The molecular weight excluding hydrogens is 202 g/mol. The van der Waals surface area contributed by atoms with Crippen LogP contribution in [0.5, 0.6) is 0 Å². The highest BCUT2D eigenvalue weighted by Crippen LogP contribution is 2.35. The van der Waals surface area contributed by atoms with E-state index < -0.39 is 0 Å². The van der Waals surface area contributed by atoms with Crippen molar-refractivity contribution in [1.82, 2.24) is 4.98 Å². The molecule has 0 spiro atoms. The minimum absolute atomic E-state index is 0.731. The maximum absolute atomic E-state index is 4.98. The zero-order valence-electron chi connectivity index (χ0n) is 4.75. The molecule has 0 aliphatic heterocycles. The Bertz CT molecular complexity index is 406. The molecule has 2 aromatic heterocycles. The van der Waals surface area contributed by atoms with Crippen molar-refractivity contribution in [2.45, 2.75) is 4.90 Å². The first-order valence-electron chi connectivity index (χ1n) is 2.58. The fourth-order valence-electron chi connectivity index (χ4n) is 0.680. The molecule has 2 aromatic rings. The summed E-state index contributed by atoms with van der Waals surface area (Å²) in [4.78, 5) is 3.88. The maximum atomic E-state index is 4.98. The maximum Gasteiger partial charge on any atom is 0.118 e. The normalized spacial score (nSPS) is 10.9. The third-order valence-corrected chi connectivity index (χ3v) is 4.87. The van der Waals surface area contributed by atoms with Crippen molar-refractivity contribution >= 4 is 54.9 Å². The predicted molar refractivity (Wildman–Crippen MR) is 52.1 cm³/mol. The van der Waals surface area contributed by atoms with Crippen LogP contribution in [0.1, 0.15) is 0 Å². The lowest BCUT2D eigenvalue weighted by Gasteiger charge is -2.00. The summed E-state index contributed by atoms with van der Waals surface area (Å²) in [7, 11) is 3.47. The summed E-state index contributed by atoms with van der Waals surface area (Å²) < 4.78 is 3.20. The Morgan fingerprint density at radius 2 is 2.30 bits per heavy atom. The van der Waals surface area contributed by atoms with E-state index in [1.165, 1.54) is 9.40 Å². The zero-order valence-corrected chi connectivity index (χ0v) is 8.09. The Kier molecular flexibility index (Phi) is 1.60. The number of aromatic nitrogens is 1. The van der Waals surface area contributed by atoms with Crippen LogP contribution in [0.3, 0.4) is 0 Å². The Morgan fingerprint density at radius 1 is 1.50 bits per heavy atom. The van der Waals surface area contributed by atoms with Crippen LogP contribution in [0.2, 0.25) is 0 Å². The van der Waals surface area contributed by atoms with E-state index in [9.17, 15) is 0 Å². The number of hydrogen-bond acceptors (Lipinski definition) is 4. The Morgan fingerprint density at radius 3 is 2.80 bits per heavy atom. The second kappa shape index (κ2) is 2.34. The molecule has 0 atom stereocenters. The fourth-order valence-corrected chi connectivity index (χ4v) is 3.38. The lowest BCUT2D eigenvalue weighted by Crippen LogP contribution is -1.77. The van der Waals surface area contributed by atoms with Gasteiger partial charge in [-0.05, 0) is 0 Å². The molecule has 52 valence electrons. The SMILES string of the molecule is S=c1[nH]cc2ssc2c1S. The van der Waals surface area contributed by atoms with Crippen molar-refractivity contribution in [2.75, 3.05) is 0 Å². The van der Waals surface area contributed by atoms with Gasteiger partial charge in [-0.3, -0.25) is 0 Å². The summed E-state index contributed by atoms with van der Waals surface area (Å²) in [5, 5.41) is 0. The van der Waals surface area contributed by atoms with Gasteiger partial charge < -0.3 is 4.98 Å². The van der Waals surface area contributed by atoms with E-state index >= 15 is 0 Å². The second-order valence-corrected chi connectivity index (χ2v) is 4.86. The molecule has 2 heterocycles. The average Bonchev–Trinajstić information content (AvgIpc) is 1.82. The highest BCUT2D eigenvalue weighted by atomic mass is 32.9. The molecule has 0 aliphatic carbocycles. The van der Waals surface area contributed by atoms with Crippen molar-refractivity contribution in [3.05, 3.63) is 10.8 Å². The number of pyridine rings is 1. The summed E-state index contributed by atoms with van der Waals surface area (Å²) in [5.41, 5.74) is 0. The fraction of sp³-hybridized carbons (Fsp3) is 0. The molecule has 0 saturated heterocycles. The standard InChI is InChI=1S/C5H3NS4/c7-3-4-2(9-10-4)1-6-5(3)8/h1,7H,(H,6,8). The number of rotatable bonds is 0. The van der Waals surface area contributed by atoms with Crippen molar-refractivity contribution in [3.8, 4) is 0 Å². The monoisotopic (exact) mass is 205 g/mol. The molecule has 0 bridgehead atoms. The molecule has 0 aliphatic rings. The summed E-state index contributed by atoms with van der Waals surface area (Å²) >= 11 is 9.24. The van der Waals surface area contributed by atoms with E-state index in [2.05, 4.69) is 17.6 Å². The number of aromatic amines is 1. The summed E-state index contributed by atoms with van der Waals surface area (Å²) in [5.74, 6) is 0. The number of fused-ring (bicyclic) bond motifs is 1. The van der Waals surface area contributed by atoms with Crippen molar-refractivity contribution in [2.24, 2.45) is 0 Å². The van der Waals surface area contributed by atoms with Gasteiger partial charge in [0.15, 0.2) is 0 Å². The highest BCUT2D eigenvalue weighted by Gasteiger charge is 2.03. The van der Waals surface area contributed by atoms with Crippen LogP contribution in [0.15, 0.2) is 11.1 Å². The quantitative estimate of drug-likeness (QED) is 0.383. The van der Waals surface area contributed by atoms with Gasteiger partial charge in [-0.15, -0.1) is 12.6 Å². The smallest absolute Gasteiger partial charge is 0.118 e. The second-order valence-electron chi connectivity index (χ2n) is 1.83. The molecule has 2 rings (SSSR count). The van der Waals surface area contributed by atoms with Crippen LogP contribution < -0.4 is 0 Å². The number of H-pyrrole nitrogens is 1. The number of thiol groups is 1. The van der Waals surface area contributed by atoms with E-state index in [1.54, 1.807) is 20.7 Å². The van der Waals surface area contributed by atoms with E-state index in [0.717, 1.165) is 9.54 Å². The van der Waals surface area contributed by atoms with Gasteiger partial charge in [0.25, 0.3) is 0 Å². The Hall–Kier alpha value is 0.160. The van der Waals surface area contributed by atoms with Gasteiger partial charge in [0.1, 0.15) is 4.64 Å². The minimum atomic E-state index is 0.731. The van der Waals surface area contributed by atoms with Crippen molar-refractivity contribution < 1.29 is 0 Å². The summed E-state index contributed by atoms with van der Waals surface area (Å²) in [6.45, 7) is 0. The zero-order chi connectivity index (χ0) is 7.14. The average molecular weight is 205 g/mol. The van der Waals surface area contributed by atoms with Gasteiger partial charge in [0, 0.05) is 6.20 Å². The first kappa shape index (κ1) is 6.84. The molecule has 5 heteroatoms. The van der Waals surface area contributed by atoms with Crippen molar-refractivity contribution in [1.29, 1.82) is 0 Å². The molecule has 0 aromatic carbocycles. The van der Waals surface area contributed by atoms with E-state index in [0.29, 0.717) is 0 Å². The van der Waals surface area contributed by atoms with Crippen LogP contribution >= 0.6 is 45.5 Å². The number of hydrogen-bond donors (Lipinski definition) is 2. The third-order valence-electron chi connectivity index (χ3n) is 1.20. The molecule has 0 fully saturated rings.